The monoisotopic (exact) mass is 376 g/mol. The molecule has 1 aliphatic heterocycles. The number of amides is 1. The van der Waals surface area contributed by atoms with Crippen molar-refractivity contribution in [2.75, 3.05) is 16.2 Å². The molecule has 1 aromatic carbocycles. The van der Waals surface area contributed by atoms with Crippen molar-refractivity contribution >= 4 is 27.3 Å². The van der Waals surface area contributed by atoms with Gasteiger partial charge in [0.2, 0.25) is 5.91 Å². The summed E-state index contributed by atoms with van der Waals surface area (Å²) in [5.74, 6) is -0.0331. The number of sulfonamides is 1. The normalized spacial score (nSPS) is 14.8. The summed E-state index contributed by atoms with van der Waals surface area (Å²) in [6.07, 6.45) is 4.75. The van der Waals surface area contributed by atoms with E-state index < -0.39 is 10.0 Å². The predicted molar refractivity (Wildman–Crippen MR) is 101 cm³/mol. The number of fused-ring (bicyclic) bond motifs is 1. The summed E-state index contributed by atoms with van der Waals surface area (Å²) < 4.78 is 29.8. The fourth-order valence-corrected chi connectivity index (χ4v) is 4.10. The van der Waals surface area contributed by atoms with Crippen LogP contribution in [0.15, 0.2) is 35.5 Å². The third-order valence-electron chi connectivity index (χ3n) is 4.38. The van der Waals surface area contributed by atoms with E-state index in [9.17, 15) is 13.2 Å². The first-order valence-corrected chi connectivity index (χ1v) is 10.1. The van der Waals surface area contributed by atoms with Gasteiger partial charge in [-0.2, -0.15) is 5.10 Å². The Balaban J connectivity index is 1.88. The Morgan fingerprint density at radius 2 is 2.00 bits per heavy atom. The molecule has 1 aliphatic rings. The van der Waals surface area contributed by atoms with Crippen LogP contribution in [0.4, 0.5) is 11.4 Å². The van der Waals surface area contributed by atoms with Gasteiger partial charge in [-0.1, -0.05) is 0 Å². The van der Waals surface area contributed by atoms with Crippen molar-refractivity contribution in [3.8, 4) is 0 Å². The zero-order valence-electron chi connectivity index (χ0n) is 15.5. The molecule has 1 aromatic heterocycles. The van der Waals surface area contributed by atoms with Crippen LogP contribution in [0, 0.1) is 0 Å². The average Bonchev–Trinajstić information content (AvgIpc) is 3.01. The molecule has 0 bridgehead atoms. The lowest BCUT2D eigenvalue weighted by atomic mass is 10.0. The Labute approximate surface area is 154 Å². The molecule has 0 unspecified atom stereocenters. The fourth-order valence-electron chi connectivity index (χ4n) is 3.02. The van der Waals surface area contributed by atoms with Crippen molar-refractivity contribution in [3.63, 3.8) is 0 Å². The lowest BCUT2D eigenvalue weighted by molar-refractivity contribution is -0.116. The average molecular weight is 376 g/mol. The second kappa shape index (κ2) is 6.42. The minimum Gasteiger partial charge on any atom is -0.312 e. The molecule has 1 N–H and O–H groups in total. The van der Waals surface area contributed by atoms with E-state index >= 15 is 0 Å². The van der Waals surface area contributed by atoms with Crippen LogP contribution >= 0.6 is 0 Å². The first-order valence-electron chi connectivity index (χ1n) is 8.57. The van der Waals surface area contributed by atoms with Crippen molar-refractivity contribution < 1.29 is 13.2 Å². The molecule has 1 amide bonds. The van der Waals surface area contributed by atoms with E-state index in [4.69, 9.17) is 0 Å². The van der Waals surface area contributed by atoms with Gasteiger partial charge in [0.05, 0.1) is 22.3 Å². The van der Waals surface area contributed by atoms with E-state index in [0.717, 1.165) is 24.1 Å². The summed E-state index contributed by atoms with van der Waals surface area (Å²) in [4.78, 5) is 13.6. The van der Waals surface area contributed by atoms with Crippen LogP contribution in [0.1, 0.15) is 39.7 Å². The molecule has 0 saturated heterocycles. The fraction of sp³-hybridized carbons (Fsp3) is 0.444. The first kappa shape index (κ1) is 18.4. The number of hydrogen-bond donors (Lipinski definition) is 1. The molecule has 140 valence electrons. The van der Waals surface area contributed by atoms with Gasteiger partial charge in [-0.05, 0) is 57.4 Å². The maximum absolute atomic E-state index is 12.7. The Kier molecular flexibility index (Phi) is 4.56. The van der Waals surface area contributed by atoms with Gasteiger partial charge in [0.25, 0.3) is 10.0 Å². The highest BCUT2D eigenvalue weighted by Gasteiger charge is 2.24. The van der Waals surface area contributed by atoms with Crippen LogP contribution in [0.5, 0.6) is 0 Å². The Morgan fingerprint density at radius 1 is 1.27 bits per heavy atom. The SMILES string of the molecule is CC(=O)N1CCCc2cc(S(=O)(=O)Nc3cnn(C(C)(C)C)c3)ccc21. The summed E-state index contributed by atoms with van der Waals surface area (Å²) >= 11 is 0. The second-order valence-electron chi connectivity index (χ2n) is 7.51. The van der Waals surface area contributed by atoms with Crippen LogP contribution in [0.25, 0.3) is 0 Å². The number of carbonyl (C=O) groups is 1. The summed E-state index contributed by atoms with van der Waals surface area (Å²) in [6, 6.07) is 4.90. The summed E-state index contributed by atoms with van der Waals surface area (Å²) in [5, 5.41) is 4.21. The Hall–Kier alpha value is -2.35. The van der Waals surface area contributed by atoms with Crippen molar-refractivity contribution in [3.05, 3.63) is 36.2 Å². The zero-order chi connectivity index (χ0) is 19.1. The molecule has 0 radical (unpaired) electrons. The number of hydrogen-bond acceptors (Lipinski definition) is 4. The molecule has 2 aromatic rings. The largest absolute Gasteiger partial charge is 0.312 e. The lowest BCUT2D eigenvalue weighted by Crippen LogP contribution is -2.33. The van der Waals surface area contributed by atoms with Gasteiger partial charge in [-0.25, -0.2) is 8.42 Å². The van der Waals surface area contributed by atoms with Gasteiger partial charge in [0.15, 0.2) is 0 Å². The van der Waals surface area contributed by atoms with Gasteiger partial charge >= 0.3 is 0 Å². The third kappa shape index (κ3) is 3.60. The molecule has 0 saturated carbocycles. The zero-order valence-corrected chi connectivity index (χ0v) is 16.3. The molecule has 26 heavy (non-hydrogen) atoms. The molecule has 0 aliphatic carbocycles. The summed E-state index contributed by atoms with van der Waals surface area (Å²) in [5.41, 5.74) is 1.86. The lowest BCUT2D eigenvalue weighted by Gasteiger charge is -2.28. The summed E-state index contributed by atoms with van der Waals surface area (Å²) in [6.45, 7) is 8.15. The van der Waals surface area contributed by atoms with E-state index in [-0.39, 0.29) is 16.3 Å². The van der Waals surface area contributed by atoms with E-state index in [1.54, 1.807) is 27.9 Å². The molecule has 0 fully saturated rings. The number of benzene rings is 1. The van der Waals surface area contributed by atoms with E-state index in [1.165, 1.54) is 19.2 Å². The smallest absolute Gasteiger partial charge is 0.262 e. The Morgan fingerprint density at radius 3 is 2.62 bits per heavy atom. The topological polar surface area (TPSA) is 84.3 Å². The van der Waals surface area contributed by atoms with Crippen molar-refractivity contribution in [2.24, 2.45) is 0 Å². The maximum atomic E-state index is 12.7. The number of nitrogens with one attached hydrogen (secondary N) is 1. The molecule has 8 heteroatoms. The second-order valence-corrected chi connectivity index (χ2v) is 9.20. The maximum Gasteiger partial charge on any atom is 0.262 e. The number of aryl methyl sites for hydroxylation is 1. The van der Waals surface area contributed by atoms with E-state index in [1.807, 2.05) is 20.8 Å². The molecular weight excluding hydrogens is 352 g/mol. The molecule has 2 heterocycles. The standard InChI is InChI=1S/C18H24N4O3S/c1-13(23)21-9-5-6-14-10-16(7-8-17(14)21)26(24,25)20-15-11-19-22(12-15)18(2,3)4/h7-8,10-12,20H,5-6,9H2,1-4H3. The van der Waals surface area contributed by atoms with Gasteiger partial charge in [0, 0.05) is 25.4 Å². The first-order chi connectivity index (χ1) is 12.1. The van der Waals surface area contributed by atoms with Gasteiger partial charge in [-0.3, -0.25) is 14.2 Å². The number of carbonyl (C=O) groups excluding carboxylic acids is 1. The van der Waals surface area contributed by atoms with Crippen LogP contribution in [-0.2, 0) is 26.8 Å². The van der Waals surface area contributed by atoms with Crippen molar-refractivity contribution in [2.45, 2.75) is 51.0 Å². The van der Waals surface area contributed by atoms with Crippen LogP contribution in [0.2, 0.25) is 0 Å². The highest BCUT2D eigenvalue weighted by atomic mass is 32.2. The summed E-state index contributed by atoms with van der Waals surface area (Å²) in [7, 11) is -3.72. The molecule has 0 spiro atoms. The van der Waals surface area contributed by atoms with Gasteiger partial charge in [-0.15, -0.1) is 0 Å². The van der Waals surface area contributed by atoms with Crippen molar-refractivity contribution in [1.82, 2.24) is 9.78 Å². The van der Waals surface area contributed by atoms with Crippen LogP contribution in [-0.4, -0.2) is 30.7 Å². The van der Waals surface area contributed by atoms with Crippen LogP contribution in [0.3, 0.4) is 0 Å². The molecular formula is C18H24N4O3S. The minimum atomic E-state index is -3.72. The third-order valence-corrected chi connectivity index (χ3v) is 5.76. The highest BCUT2D eigenvalue weighted by Crippen LogP contribution is 2.30. The van der Waals surface area contributed by atoms with Crippen LogP contribution < -0.4 is 9.62 Å². The van der Waals surface area contributed by atoms with E-state index in [0.29, 0.717) is 12.2 Å². The number of rotatable bonds is 3. The quantitative estimate of drug-likeness (QED) is 0.893. The number of nitrogens with zero attached hydrogens (tertiary/aromatic N) is 3. The van der Waals surface area contributed by atoms with Gasteiger partial charge < -0.3 is 4.90 Å². The van der Waals surface area contributed by atoms with E-state index in [2.05, 4.69) is 9.82 Å². The highest BCUT2D eigenvalue weighted by molar-refractivity contribution is 7.92. The Bertz CT molecular complexity index is 942. The van der Waals surface area contributed by atoms with Gasteiger partial charge in [0.1, 0.15) is 0 Å². The number of aromatic nitrogens is 2. The predicted octanol–water partition coefficient (Wildman–Crippen LogP) is 2.74. The van der Waals surface area contributed by atoms with Crippen molar-refractivity contribution in [1.29, 1.82) is 0 Å². The number of anilines is 2. The minimum absolute atomic E-state index is 0.0331. The molecule has 7 nitrogen and oxygen atoms in total. The molecule has 3 rings (SSSR count). The molecule has 0 atom stereocenters.